The maximum Gasteiger partial charge on any atom is 0.0462 e. The first-order valence-electron chi connectivity index (χ1n) is 5.59. The van der Waals surface area contributed by atoms with Gasteiger partial charge in [0.05, 0.1) is 0 Å². The molecule has 0 amide bonds. The van der Waals surface area contributed by atoms with E-state index < -0.39 is 0 Å². The van der Waals surface area contributed by atoms with Gasteiger partial charge in [-0.15, -0.1) is 0 Å². The fourth-order valence-electron chi connectivity index (χ4n) is 1.33. The lowest BCUT2D eigenvalue weighted by atomic mass is 9.90. The Hall–Kier alpha value is -0.0500. The van der Waals surface area contributed by atoms with E-state index in [2.05, 4.69) is 48.1 Å². The van der Waals surface area contributed by atoms with Crippen LogP contribution >= 0.6 is 27.5 Å². The molecule has 0 unspecified atom stereocenters. The molecule has 0 aliphatic heterocycles. The predicted octanol–water partition coefficient (Wildman–Crippen LogP) is 4.63. The van der Waals surface area contributed by atoms with Gasteiger partial charge in [0.1, 0.15) is 0 Å². The molecular formula is C13H19BrClN. The van der Waals surface area contributed by atoms with Crippen LogP contribution in [0.2, 0.25) is 5.02 Å². The van der Waals surface area contributed by atoms with Crippen molar-refractivity contribution in [2.75, 3.05) is 6.54 Å². The first kappa shape index (κ1) is 14.0. The van der Waals surface area contributed by atoms with E-state index in [1.165, 1.54) is 6.42 Å². The van der Waals surface area contributed by atoms with E-state index in [0.717, 1.165) is 28.1 Å². The third-order valence-electron chi connectivity index (χ3n) is 2.89. The molecule has 0 heterocycles. The van der Waals surface area contributed by atoms with Crippen LogP contribution in [0.25, 0.3) is 0 Å². The summed E-state index contributed by atoms with van der Waals surface area (Å²) in [7, 11) is 0. The van der Waals surface area contributed by atoms with Crippen molar-refractivity contribution >= 4 is 27.5 Å². The molecule has 0 saturated heterocycles. The quantitative estimate of drug-likeness (QED) is 0.836. The average molecular weight is 305 g/mol. The summed E-state index contributed by atoms with van der Waals surface area (Å²) < 4.78 is 1.02. The Bertz CT molecular complexity index is 350. The number of halogens is 2. The van der Waals surface area contributed by atoms with Gasteiger partial charge < -0.3 is 5.32 Å². The van der Waals surface area contributed by atoms with E-state index in [-0.39, 0.29) is 0 Å². The Morgan fingerprint density at radius 2 is 2.06 bits per heavy atom. The van der Waals surface area contributed by atoms with Crippen LogP contribution < -0.4 is 5.32 Å². The summed E-state index contributed by atoms with van der Waals surface area (Å²) in [5.41, 5.74) is 1.50. The van der Waals surface area contributed by atoms with Crippen LogP contribution in [0.5, 0.6) is 0 Å². The molecule has 1 nitrogen and oxygen atoms in total. The second-order valence-corrected chi connectivity index (χ2v) is 6.18. The molecule has 1 N–H and O–H groups in total. The minimum atomic E-state index is 0.349. The minimum Gasteiger partial charge on any atom is -0.312 e. The first-order chi connectivity index (χ1) is 7.44. The van der Waals surface area contributed by atoms with Crippen molar-refractivity contribution in [3.05, 3.63) is 33.3 Å². The Balaban J connectivity index is 2.49. The van der Waals surface area contributed by atoms with E-state index in [0.29, 0.717) is 5.41 Å². The maximum atomic E-state index is 6.14. The molecule has 0 aliphatic rings. The smallest absolute Gasteiger partial charge is 0.0462 e. The molecule has 0 aliphatic carbocycles. The molecule has 0 atom stereocenters. The highest BCUT2D eigenvalue weighted by Crippen LogP contribution is 2.22. The van der Waals surface area contributed by atoms with E-state index in [1.54, 1.807) is 0 Å². The molecule has 0 saturated carbocycles. The molecule has 0 spiro atoms. The van der Waals surface area contributed by atoms with Gasteiger partial charge in [-0.3, -0.25) is 0 Å². The van der Waals surface area contributed by atoms with Crippen LogP contribution in [0.3, 0.4) is 0 Å². The maximum absolute atomic E-state index is 6.14. The monoisotopic (exact) mass is 303 g/mol. The standard InChI is InChI=1S/C13H19BrClN/c1-4-13(2,3)9-16-8-10-5-6-11(14)7-12(10)15/h5-7,16H,4,8-9H2,1-3H3. The molecule has 1 aromatic rings. The highest BCUT2D eigenvalue weighted by molar-refractivity contribution is 9.10. The Labute approximate surface area is 112 Å². The summed E-state index contributed by atoms with van der Waals surface area (Å²) in [4.78, 5) is 0. The third kappa shape index (κ3) is 4.44. The number of benzene rings is 1. The largest absolute Gasteiger partial charge is 0.312 e. The summed E-state index contributed by atoms with van der Waals surface area (Å²) in [6.07, 6.45) is 1.17. The molecular weight excluding hydrogens is 286 g/mol. The minimum absolute atomic E-state index is 0.349. The van der Waals surface area contributed by atoms with Crippen molar-refractivity contribution in [3.63, 3.8) is 0 Å². The van der Waals surface area contributed by atoms with Gasteiger partial charge in [0.25, 0.3) is 0 Å². The van der Waals surface area contributed by atoms with Gasteiger partial charge in [0.2, 0.25) is 0 Å². The number of hydrogen-bond acceptors (Lipinski definition) is 1. The molecule has 0 fully saturated rings. The summed E-state index contributed by atoms with van der Waals surface area (Å²) in [5, 5.41) is 4.27. The Morgan fingerprint density at radius 1 is 1.38 bits per heavy atom. The molecule has 3 heteroatoms. The highest BCUT2D eigenvalue weighted by Gasteiger charge is 2.14. The molecule has 16 heavy (non-hydrogen) atoms. The topological polar surface area (TPSA) is 12.0 Å². The first-order valence-corrected chi connectivity index (χ1v) is 6.76. The summed E-state index contributed by atoms with van der Waals surface area (Å²) >= 11 is 9.55. The predicted molar refractivity (Wildman–Crippen MR) is 74.9 cm³/mol. The van der Waals surface area contributed by atoms with Crippen LogP contribution in [-0.2, 0) is 6.54 Å². The normalized spacial score (nSPS) is 11.8. The molecule has 0 radical (unpaired) electrons. The molecule has 1 aromatic carbocycles. The second kappa shape index (κ2) is 6.04. The van der Waals surface area contributed by atoms with Gasteiger partial charge in [0, 0.05) is 22.6 Å². The van der Waals surface area contributed by atoms with E-state index in [4.69, 9.17) is 11.6 Å². The zero-order valence-electron chi connectivity index (χ0n) is 10.1. The van der Waals surface area contributed by atoms with E-state index >= 15 is 0 Å². The van der Waals surface area contributed by atoms with Crippen LogP contribution in [0.1, 0.15) is 32.8 Å². The molecule has 1 rings (SSSR count). The lowest BCUT2D eigenvalue weighted by Crippen LogP contribution is -2.28. The van der Waals surface area contributed by atoms with Crippen molar-refractivity contribution < 1.29 is 0 Å². The van der Waals surface area contributed by atoms with Crippen LogP contribution in [-0.4, -0.2) is 6.54 Å². The van der Waals surface area contributed by atoms with Crippen molar-refractivity contribution in [1.82, 2.24) is 5.32 Å². The van der Waals surface area contributed by atoms with E-state index in [9.17, 15) is 0 Å². The van der Waals surface area contributed by atoms with Crippen molar-refractivity contribution in [2.45, 2.75) is 33.7 Å². The van der Waals surface area contributed by atoms with Gasteiger partial charge in [-0.05, 0) is 29.5 Å². The molecule has 0 bridgehead atoms. The van der Waals surface area contributed by atoms with Crippen molar-refractivity contribution in [2.24, 2.45) is 5.41 Å². The second-order valence-electron chi connectivity index (χ2n) is 4.86. The fraction of sp³-hybridized carbons (Fsp3) is 0.538. The van der Waals surface area contributed by atoms with Gasteiger partial charge in [0.15, 0.2) is 0 Å². The summed E-state index contributed by atoms with van der Waals surface area (Å²) in [6, 6.07) is 6.01. The number of nitrogens with one attached hydrogen (secondary N) is 1. The van der Waals surface area contributed by atoms with E-state index in [1.807, 2.05) is 12.1 Å². The van der Waals surface area contributed by atoms with Gasteiger partial charge in [-0.1, -0.05) is 54.4 Å². The van der Waals surface area contributed by atoms with Gasteiger partial charge in [-0.2, -0.15) is 0 Å². The zero-order valence-corrected chi connectivity index (χ0v) is 12.5. The number of hydrogen-bond donors (Lipinski definition) is 1. The van der Waals surface area contributed by atoms with Crippen molar-refractivity contribution in [3.8, 4) is 0 Å². The SMILES string of the molecule is CCC(C)(C)CNCc1ccc(Br)cc1Cl. The number of rotatable bonds is 5. The van der Waals surface area contributed by atoms with Crippen molar-refractivity contribution in [1.29, 1.82) is 0 Å². The van der Waals surface area contributed by atoms with Crippen LogP contribution in [0.4, 0.5) is 0 Å². The third-order valence-corrected chi connectivity index (χ3v) is 3.74. The average Bonchev–Trinajstić information content (AvgIpc) is 2.21. The lowest BCUT2D eigenvalue weighted by Gasteiger charge is -2.23. The van der Waals surface area contributed by atoms with Gasteiger partial charge >= 0.3 is 0 Å². The molecule has 90 valence electrons. The highest BCUT2D eigenvalue weighted by atomic mass is 79.9. The fourth-order valence-corrected chi connectivity index (χ4v) is 2.07. The van der Waals surface area contributed by atoms with Crippen LogP contribution in [0, 0.1) is 5.41 Å². The summed E-state index contributed by atoms with van der Waals surface area (Å²) in [5.74, 6) is 0. The Morgan fingerprint density at radius 3 is 2.62 bits per heavy atom. The molecule has 0 aromatic heterocycles. The Kier molecular flexibility index (Phi) is 5.29. The van der Waals surface area contributed by atoms with Gasteiger partial charge in [-0.25, -0.2) is 0 Å². The zero-order chi connectivity index (χ0) is 12.2. The lowest BCUT2D eigenvalue weighted by molar-refractivity contribution is 0.327. The summed E-state index contributed by atoms with van der Waals surface area (Å²) in [6.45, 7) is 8.59. The van der Waals surface area contributed by atoms with Crippen LogP contribution in [0.15, 0.2) is 22.7 Å².